The van der Waals surface area contributed by atoms with E-state index in [2.05, 4.69) is 85.9 Å². The fourth-order valence-corrected chi connectivity index (χ4v) is 4.30. The molecule has 0 aliphatic rings. The zero-order valence-electron chi connectivity index (χ0n) is 23.3. The molecule has 0 aliphatic heterocycles. The highest BCUT2D eigenvalue weighted by Gasteiger charge is 2.04. The van der Waals surface area contributed by atoms with Crippen LogP contribution in [0.5, 0.6) is 0 Å². The van der Waals surface area contributed by atoms with E-state index in [9.17, 15) is 0 Å². The second-order valence-electron chi connectivity index (χ2n) is 9.81. The van der Waals surface area contributed by atoms with Gasteiger partial charge in [-0.3, -0.25) is 9.98 Å². The third-order valence-electron chi connectivity index (χ3n) is 6.98. The van der Waals surface area contributed by atoms with E-state index in [1.165, 1.54) is 64.2 Å². The zero-order valence-corrected chi connectivity index (χ0v) is 26.7. The second kappa shape index (κ2) is 21.9. The van der Waals surface area contributed by atoms with Gasteiger partial charge in [-0.25, -0.2) is 0 Å². The second-order valence-corrected chi connectivity index (χ2v) is 9.81. The molecule has 0 aliphatic carbocycles. The first-order valence-corrected chi connectivity index (χ1v) is 14.0. The van der Waals surface area contributed by atoms with Gasteiger partial charge in [0.25, 0.3) is 0 Å². The summed E-state index contributed by atoms with van der Waals surface area (Å²) in [7, 11) is 0. The molecule has 6 heteroatoms. The summed E-state index contributed by atoms with van der Waals surface area (Å²) >= 11 is 0. The average Bonchev–Trinajstić information content (AvgIpc) is 2.88. The quantitative estimate of drug-likeness (QED) is 0.159. The molecule has 2 rings (SSSR count). The predicted molar refractivity (Wildman–Crippen MR) is 166 cm³/mol. The molecule has 36 heavy (non-hydrogen) atoms. The van der Waals surface area contributed by atoms with Gasteiger partial charge in [-0.05, 0) is 61.8 Å². The van der Waals surface area contributed by atoms with Crippen molar-refractivity contribution in [3.63, 3.8) is 0 Å². The van der Waals surface area contributed by atoms with Gasteiger partial charge in [-0.2, -0.15) is 0 Å². The van der Waals surface area contributed by atoms with Crippen LogP contribution in [-0.4, -0.2) is 22.2 Å². The topological polar surface area (TPSA) is 34.6 Å². The lowest BCUT2D eigenvalue weighted by atomic mass is 10.00. The highest BCUT2D eigenvalue weighted by molar-refractivity contribution is 8.93. The van der Waals surface area contributed by atoms with E-state index in [0.29, 0.717) is 0 Å². The lowest BCUT2D eigenvalue weighted by Crippen LogP contribution is -2.11. The fourth-order valence-electron chi connectivity index (χ4n) is 4.30. The summed E-state index contributed by atoms with van der Waals surface area (Å²) in [5.74, 6) is 1.46. The van der Waals surface area contributed by atoms with Crippen LogP contribution in [0.1, 0.15) is 91.9 Å². The number of unbranched alkanes of at least 4 members (excludes halogenated alkanes) is 3. The van der Waals surface area contributed by atoms with Crippen molar-refractivity contribution in [2.45, 2.75) is 105 Å². The molecule has 0 bridgehead atoms. The molecule has 0 N–H and O–H groups in total. The van der Waals surface area contributed by atoms with Crippen molar-refractivity contribution in [1.82, 2.24) is 9.13 Å². The van der Waals surface area contributed by atoms with Gasteiger partial charge in [0.15, 0.2) is 0 Å². The van der Waals surface area contributed by atoms with E-state index in [4.69, 9.17) is 9.98 Å². The molecule has 2 aromatic heterocycles. The number of nitrogens with zero attached hydrogens (tertiary/aromatic N) is 4. The van der Waals surface area contributed by atoms with E-state index in [1.54, 1.807) is 0 Å². The van der Waals surface area contributed by atoms with Gasteiger partial charge in [0, 0.05) is 51.0 Å². The third-order valence-corrected chi connectivity index (χ3v) is 6.98. The number of aryl methyl sites for hydroxylation is 2. The van der Waals surface area contributed by atoms with Gasteiger partial charge in [-0.15, -0.1) is 34.0 Å². The SMILES string of the molecule is Br.Br.CCCCC(CC)CN=c1ccn(CCCCn2ccc(=NCC(CC)CCCC)cc2)cc1. The van der Waals surface area contributed by atoms with Crippen molar-refractivity contribution in [2.75, 3.05) is 13.1 Å². The lowest BCUT2D eigenvalue weighted by molar-refractivity contribution is 0.459. The van der Waals surface area contributed by atoms with Crippen molar-refractivity contribution in [3.8, 4) is 0 Å². The van der Waals surface area contributed by atoms with E-state index < -0.39 is 0 Å². The Bertz CT molecular complexity index is 803. The lowest BCUT2D eigenvalue weighted by Gasteiger charge is -2.11. The maximum absolute atomic E-state index is 4.83. The summed E-state index contributed by atoms with van der Waals surface area (Å²) in [6.45, 7) is 13.1. The molecule has 2 atom stereocenters. The van der Waals surface area contributed by atoms with Crippen LogP contribution < -0.4 is 10.7 Å². The van der Waals surface area contributed by atoms with Crippen LogP contribution in [0.15, 0.2) is 59.0 Å². The minimum Gasteiger partial charge on any atom is -0.354 e. The standard InChI is InChI=1S/C30H50N4.2BrH/c1-5-9-13-27(7-3)25-31-29-15-21-33(22-16-29)19-11-12-20-34-23-17-30(18-24-34)32-26-28(8-4)14-10-6-2;;/h15-18,21-24,27-28H,5-14,19-20,25-26H2,1-4H3;2*1H. The minimum absolute atomic E-state index is 0. The molecule has 0 amide bonds. The van der Waals surface area contributed by atoms with E-state index in [-0.39, 0.29) is 34.0 Å². The Hall–Kier alpha value is -1.14. The number of aromatic nitrogens is 2. The van der Waals surface area contributed by atoms with Crippen LogP contribution in [0.25, 0.3) is 0 Å². The Morgan fingerprint density at radius 3 is 1.25 bits per heavy atom. The van der Waals surface area contributed by atoms with Crippen molar-refractivity contribution < 1.29 is 0 Å². The molecule has 0 spiro atoms. The Balaban J connectivity index is 0.00000612. The number of halogens is 2. The van der Waals surface area contributed by atoms with Crippen LogP contribution in [0.2, 0.25) is 0 Å². The van der Waals surface area contributed by atoms with Gasteiger partial charge in [0.1, 0.15) is 0 Å². The Labute approximate surface area is 241 Å². The van der Waals surface area contributed by atoms with Crippen LogP contribution in [0.4, 0.5) is 0 Å². The molecule has 0 aromatic carbocycles. The predicted octanol–water partition coefficient (Wildman–Crippen LogP) is 8.16. The van der Waals surface area contributed by atoms with E-state index in [0.717, 1.165) is 48.7 Å². The van der Waals surface area contributed by atoms with Crippen LogP contribution in [0, 0.1) is 11.8 Å². The Morgan fingerprint density at radius 2 is 0.944 bits per heavy atom. The summed E-state index contributed by atoms with van der Waals surface area (Å²) in [5, 5.41) is 2.23. The number of rotatable bonds is 17. The van der Waals surface area contributed by atoms with Crippen molar-refractivity contribution in [2.24, 2.45) is 21.8 Å². The zero-order chi connectivity index (χ0) is 24.4. The maximum Gasteiger partial charge on any atom is 0.0603 e. The molecule has 2 unspecified atom stereocenters. The molecule has 206 valence electrons. The molecule has 0 radical (unpaired) electrons. The highest BCUT2D eigenvalue weighted by Crippen LogP contribution is 2.13. The van der Waals surface area contributed by atoms with Crippen molar-refractivity contribution >= 4 is 34.0 Å². The summed E-state index contributed by atoms with van der Waals surface area (Å²) in [6.07, 6.45) is 21.3. The van der Waals surface area contributed by atoms with Crippen molar-refractivity contribution in [3.05, 3.63) is 59.8 Å². The van der Waals surface area contributed by atoms with Gasteiger partial charge in [-0.1, -0.05) is 66.2 Å². The van der Waals surface area contributed by atoms with Gasteiger partial charge >= 0.3 is 0 Å². The third kappa shape index (κ3) is 14.6. The largest absolute Gasteiger partial charge is 0.354 e. The summed E-state index contributed by atoms with van der Waals surface area (Å²) in [5.41, 5.74) is 0. The molecule has 0 saturated carbocycles. The monoisotopic (exact) mass is 626 g/mol. The smallest absolute Gasteiger partial charge is 0.0603 e. The van der Waals surface area contributed by atoms with Gasteiger partial charge in [0.2, 0.25) is 0 Å². The summed E-state index contributed by atoms with van der Waals surface area (Å²) in [4.78, 5) is 9.66. The van der Waals surface area contributed by atoms with Crippen molar-refractivity contribution in [1.29, 1.82) is 0 Å². The van der Waals surface area contributed by atoms with Crippen LogP contribution >= 0.6 is 34.0 Å². The molecule has 4 nitrogen and oxygen atoms in total. The molecule has 0 fully saturated rings. The van der Waals surface area contributed by atoms with Gasteiger partial charge < -0.3 is 9.13 Å². The van der Waals surface area contributed by atoms with E-state index >= 15 is 0 Å². The fraction of sp³-hybridized carbons (Fsp3) is 0.667. The first-order valence-electron chi connectivity index (χ1n) is 14.0. The van der Waals surface area contributed by atoms with Gasteiger partial charge in [0.05, 0.1) is 10.7 Å². The average molecular weight is 629 g/mol. The van der Waals surface area contributed by atoms with Crippen LogP contribution in [0.3, 0.4) is 0 Å². The summed E-state index contributed by atoms with van der Waals surface area (Å²) in [6, 6.07) is 8.65. The number of pyridine rings is 2. The molecule has 0 saturated heterocycles. The first-order chi connectivity index (χ1) is 16.7. The molecule has 2 aromatic rings. The molecule has 2 heterocycles. The number of hydrogen-bond acceptors (Lipinski definition) is 2. The van der Waals surface area contributed by atoms with E-state index in [1.807, 2.05) is 0 Å². The summed E-state index contributed by atoms with van der Waals surface area (Å²) < 4.78 is 4.56. The Morgan fingerprint density at radius 1 is 0.583 bits per heavy atom. The highest BCUT2D eigenvalue weighted by atomic mass is 79.9. The Kier molecular flexibility index (Phi) is 21.2. The minimum atomic E-state index is 0. The van der Waals surface area contributed by atoms with Crippen LogP contribution in [-0.2, 0) is 13.1 Å². The molecular weight excluding hydrogens is 576 g/mol. The normalized spacial score (nSPS) is 12.2. The maximum atomic E-state index is 4.83. The molecular formula is C30H52Br2N4. The number of hydrogen-bond donors (Lipinski definition) is 0. The first kappa shape index (κ1) is 34.9.